The molecule has 1 aromatic heterocycles. The number of esters is 2. The Morgan fingerprint density at radius 1 is 1.28 bits per heavy atom. The minimum Gasteiger partial charge on any atom is -0.489 e. The Morgan fingerprint density at radius 2 is 2.00 bits per heavy atom. The second-order valence-corrected chi connectivity index (χ2v) is 6.28. The van der Waals surface area contributed by atoms with E-state index in [1.165, 1.54) is 7.11 Å². The lowest BCUT2D eigenvalue weighted by atomic mass is 10.0. The topological polar surface area (TPSA) is 92.0 Å². The van der Waals surface area contributed by atoms with E-state index in [0.717, 1.165) is 7.11 Å². The number of cyclic esters (lactones) is 1. The van der Waals surface area contributed by atoms with E-state index >= 15 is 0 Å². The number of fused-ring (bicyclic) bond motifs is 1. The highest BCUT2D eigenvalue weighted by Crippen LogP contribution is 2.40. The Hall–Kier alpha value is -2.32. The summed E-state index contributed by atoms with van der Waals surface area (Å²) < 4.78 is 20.7. The first kappa shape index (κ1) is 17.5. The molecule has 1 aromatic carbocycles. The van der Waals surface area contributed by atoms with Crippen LogP contribution in [0.1, 0.15) is 11.7 Å². The van der Waals surface area contributed by atoms with Crippen LogP contribution in [0.5, 0.6) is 0 Å². The van der Waals surface area contributed by atoms with Crippen molar-refractivity contribution in [1.29, 1.82) is 0 Å². The number of rotatable bonds is 3. The van der Waals surface area contributed by atoms with Crippen LogP contribution >= 0.6 is 27.5 Å². The molecule has 0 N–H and O–H groups in total. The minimum atomic E-state index is -1.39. The van der Waals surface area contributed by atoms with Crippen molar-refractivity contribution in [2.45, 2.75) is 6.10 Å². The number of hydrogen-bond donors (Lipinski definition) is 0. The fourth-order valence-electron chi connectivity index (χ4n) is 2.53. The number of ether oxygens (including phenoxy) is 3. The van der Waals surface area contributed by atoms with E-state index < -0.39 is 23.7 Å². The number of halogens is 2. The molecule has 7 nitrogen and oxygen atoms in total. The van der Waals surface area contributed by atoms with E-state index in [4.69, 9.17) is 25.5 Å². The second kappa shape index (κ2) is 6.53. The van der Waals surface area contributed by atoms with Crippen LogP contribution in [-0.4, -0.2) is 26.2 Å². The molecule has 1 unspecified atom stereocenters. The monoisotopic (exact) mass is 428 g/mol. The first-order chi connectivity index (χ1) is 11.9. The molecule has 25 heavy (non-hydrogen) atoms. The van der Waals surface area contributed by atoms with Crippen LogP contribution in [0.4, 0.5) is 0 Å². The molecule has 2 heterocycles. The number of benzene rings is 1. The van der Waals surface area contributed by atoms with Crippen LogP contribution in [0, 0.1) is 0 Å². The van der Waals surface area contributed by atoms with Crippen LogP contribution in [0.25, 0.3) is 11.0 Å². The standard InChI is InChI=1S/C16H10BrClO7/c1-22-13-10(14(19)23-2)12(25-16(13)21)9-11(18)7-5-6(17)3-4-8(7)24-15(9)20/h3-5,12H,1-2H3. The quantitative estimate of drug-likeness (QED) is 0.547. The lowest BCUT2D eigenvalue weighted by Crippen LogP contribution is -2.19. The van der Waals surface area contributed by atoms with Gasteiger partial charge in [0.25, 0.3) is 0 Å². The van der Waals surface area contributed by atoms with Crippen molar-refractivity contribution in [2.75, 3.05) is 14.2 Å². The number of hydrogen-bond acceptors (Lipinski definition) is 7. The average molecular weight is 430 g/mol. The number of carbonyl (C=O) groups is 2. The third kappa shape index (κ3) is 2.81. The Balaban J connectivity index is 2.29. The first-order valence-corrected chi connectivity index (χ1v) is 8.05. The minimum absolute atomic E-state index is 0.00380. The van der Waals surface area contributed by atoms with Gasteiger partial charge in [-0.15, -0.1) is 0 Å². The molecule has 0 saturated heterocycles. The highest BCUT2D eigenvalue weighted by atomic mass is 79.9. The van der Waals surface area contributed by atoms with Crippen LogP contribution in [0.3, 0.4) is 0 Å². The van der Waals surface area contributed by atoms with Crippen molar-refractivity contribution < 1.29 is 28.2 Å². The van der Waals surface area contributed by atoms with Gasteiger partial charge in [-0.2, -0.15) is 0 Å². The van der Waals surface area contributed by atoms with Gasteiger partial charge in [0.2, 0.25) is 5.76 Å². The summed E-state index contributed by atoms with van der Waals surface area (Å²) in [5, 5.41) is 0.417. The van der Waals surface area contributed by atoms with Crippen molar-refractivity contribution in [3.05, 3.63) is 55.0 Å². The highest BCUT2D eigenvalue weighted by molar-refractivity contribution is 9.10. The van der Waals surface area contributed by atoms with Crippen molar-refractivity contribution in [2.24, 2.45) is 0 Å². The average Bonchev–Trinajstić information content (AvgIpc) is 2.91. The van der Waals surface area contributed by atoms with Gasteiger partial charge in [-0.1, -0.05) is 27.5 Å². The van der Waals surface area contributed by atoms with Crippen molar-refractivity contribution in [1.82, 2.24) is 0 Å². The maximum absolute atomic E-state index is 12.4. The molecule has 1 aliphatic rings. The van der Waals surface area contributed by atoms with Gasteiger partial charge in [0, 0.05) is 9.86 Å². The zero-order valence-corrected chi connectivity index (χ0v) is 15.3. The summed E-state index contributed by atoms with van der Waals surface area (Å²) in [6, 6.07) is 4.88. The Bertz CT molecular complexity index is 992. The molecule has 0 amide bonds. The maximum atomic E-state index is 12.4. The Labute approximate surface area is 154 Å². The molecule has 0 saturated carbocycles. The summed E-state index contributed by atoms with van der Waals surface area (Å²) in [6.07, 6.45) is -1.39. The molecule has 130 valence electrons. The maximum Gasteiger partial charge on any atom is 0.375 e. The molecule has 1 aliphatic heterocycles. The summed E-state index contributed by atoms with van der Waals surface area (Å²) >= 11 is 9.67. The predicted octanol–water partition coefficient (Wildman–Crippen LogP) is 2.88. The van der Waals surface area contributed by atoms with E-state index in [0.29, 0.717) is 9.86 Å². The zero-order valence-electron chi connectivity index (χ0n) is 12.9. The van der Waals surface area contributed by atoms with Crippen LogP contribution in [-0.2, 0) is 23.8 Å². The molecule has 0 fully saturated rings. The van der Waals surface area contributed by atoms with Crippen molar-refractivity contribution >= 4 is 50.4 Å². The van der Waals surface area contributed by atoms with E-state index in [1.54, 1.807) is 18.2 Å². The molecule has 3 rings (SSSR count). The largest absolute Gasteiger partial charge is 0.489 e. The van der Waals surface area contributed by atoms with Gasteiger partial charge in [0.15, 0.2) is 6.10 Å². The van der Waals surface area contributed by atoms with Gasteiger partial charge in [-0.05, 0) is 18.2 Å². The number of carbonyl (C=O) groups excluding carboxylic acids is 2. The van der Waals surface area contributed by atoms with Gasteiger partial charge >= 0.3 is 17.6 Å². The molecule has 0 radical (unpaired) electrons. The summed E-state index contributed by atoms with van der Waals surface area (Å²) in [5.41, 5.74) is -1.02. The molecule has 0 aliphatic carbocycles. The molecule has 2 aromatic rings. The van der Waals surface area contributed by atoms with Gasteiger partial charge in [-0.3, -0.25) is 0 Å². The Morgan fingerprint density at radius 3 is 2.64 bits per heavy atom. The predicted molar refractivity (Wildman–Crippen MR) is 90.1 cm³/mol. The van der Waals surface area contributed by atoms with Crippen LogP contribution < -0.4 is 5.63 Å². The fraction of sp³-hybridized carbons (Fsp3) is 0.188. The lowest BCUT2D eigenvalue weighted by molar-refractivity contribution is -0.143. The molecule has 0 bridgehead atoms. The summed E-state index contributed by atoms with van der Waals surface area (Å²) in [7, 11) is 2.33. The van der Waals surface area contributed by atoms with Crippen molar-refractivity contribution in [3.8, 4) is 0 Å². The lowest BCUT2D eigenvalue weighted by Gasteiger charge is -2.14. The summed E-state index contributed by atoms with van der Waals surface area (Å²) in [4.78, 5) is 36.5. The summed E-state index contributed by atoms with van der Waals surface area (Å²) in [5.74, 6) is -2.13. The van der Waals surface area contributed by atoms with E-state index in [2.05, 4.69) is 20.7 Å². The number of methoxy groups -OCH3 is 2. The molecular weight excluding hydrogens is 420 g/mol. The fourth-order valence-corrected chi connectivity index (χ4v) is 3.21. The summed E-state index contributed by atoms with van der Waals surface area (Å²) in [6.45, 7) is 0. The smallest absolute Gasteiger partial charge is 0.375 e. The van der Waals surface area contributed by atoms with E-state index in [9.17, 15) is 14.4 Å². The van der Waals surface area contributed by atoms with Gasteiger partial charge in [0.1, 0.15) is 16.7 Å². The van der Waals surface area contributed by atoms with Gasteiger partial charge in [-0.25, -0.2) is 14.4 Å². The van der Waals surface area contributed by atoms with Gasteiger partial charge < -0.3 is 18.6 Å². The SMILES string of the molecule is COC(=O)C1=C(OC)C(=O)OC1c1c(Cl)c2cc(Br)ccc2oc1=O. The van der Waals surface area contributed by atoms with Crippen LogP contribution in [0.2, 0.25) is 5.02 Å². The van der Waals surface area contributed by atoms with E-state index in [-0.39, 0.29) is 27.5 Å². The van der Waals surface area contributed by atoms with Crippen LogP contribution in [0.15, 0.2) is 43.2 Å². The third-order valence-electron chi connectivity index (χ3n) is 3.63. The molecular formula is C16H10BrClO7. The van der Waals surface area contributed by atoms with E-state index in [1.807, 2.05) is 0 Å². The highest BCUT2D eigenvalue weighted by Gasteiger charge is 2.44. The second-order valence-electron chi connectivity index (χ2n) is 4.98. The Kier molecular flexibility index (Phi) is 4.57. The molecule has 0 spiro atoms. The molecule has 9 heteroatoms. The zero-order chi connectivity index (χ0) is 18.3. The van der Waals surface area contributed by atoms with Crippen molar-refractivity contribution in [3.63, 3.8) is 0 Å². The van der Waals surface area contributed by atoms with Gasteiger partial charge in [0.05, 0.1) is 19.2 Å². The molecule has 1 atom stereocenters. The third-order valence-corrected chi connectivity index (χ3v) is 4.53. The normalized spacial score (nSPS) is 17.0. The first-order valence-electron chi connectivity index (χ1n) is 6.88.